The molecule has 1 fully saturated rings. The second-order valence-electron chi connectivity index (χ2n) is 7.89. The standard InChI is InChI=1S/C21H26N6O2.H2/c1-13(28)25-16-6-4-14(5-7-16)8-9-23-20-24-12-15(11-22)19(27-20)26-17-10-18(29)21(17,2)3;/h4-7,12,17-18,29H,8-10H2,1-3H3,(H,25,28)(H2,23,24,26,27);1H/t17-,18+;/m1./s1. The number of amides is 1. The van der Waals surface area contributed by atoms with Crippen LogP contribution in [0.3, 0.4) is 0 Å². The molecular formula is C21H28N6O2. The Bertz CT molecular complexity index is 926. The van der Waals surface area contributed by atoms with Gasteiger partial charge in [0.05, 0.1) is 12.3 Å². The number of rotatable bonds is 7. The van der Waals surface area contributed by atoms with Gasteiger partial charge in [-0.05, 0) is 30.5 Å². The van der Waals surface area contributed by atoms with Crippen LogP contribution in [-0.2, 0) is 11.2 Å². The molecule has 1 heterocycles. The van der Waals surface area contributed by atoms with Crippen LogP contribution in [0.4, 0.5) is 17.5 Å². The van der Waals surface area contributed by atoms with Crippen molar-refractivity contribution in [2.24, 2.45) is 5.41 Å². The molecular weight excluding hydrogens is 368 g/mol. The van der Waals surface area contributed by atoms with Crippen molar-refractivity contribution in [1.82, 2.24) is 9.97 Å². The van der Waals surface area contributed by atoms with Crippen molar-refractivity contribution in [2.75, 3.05) is 22.5 Å². The van der Waals surface area contributed by atoms with Gasteiger partial charge in [0, 0.05) is 32.0 Å². The summed E-state index contributed by atoms with van der Waals surface area (Å²) in [6.07, 6.45) is 2.53. The molecule has 29 heavy (non-hydrogen) atoms. The maximum Gasteiger partial charge on any atom is 0.224 e. The summed E-state index contributed by atoms with van der Waals surface area (Å²) in [7, 11) is 0. The smallest absolute Gasteiger partial charge is 0.224 e. The molecule has 4 N–H and O–H groups in total. The Hall–Kier alpha value is -3.18. The van der Waals surface area contributed by atoms with Gasteiger partial charge in [0.25, 0.3) is 0 Å². The van der Waals surface area contributed by atoms with E-state index in [0.717, 1.165) is 17.7 Å². The number of nitrogens with one attached hydrogen (secondary N) is 3. The first kappa shape index (κ1) is 20.6. The van der Waals surface area contributed by atoms with Gasteiger partial charge in [-0.2, -0.15) is 10.2 Å². The summed E-state index contributed by atoms with van der Waals surface area (Å²) in [5, 5.41) is 28.5. The second-order valence-corrected chi connectivity index (χ2v) is 7.89. The van der Waals surface area contributed by atoms with Gasteiger partial charge in [0.15, 0.2) is 0 Å². The molecule has 3 rings (SSSR count). The van der Waals surface area contributed by atoms with Crippen LogP contribution in [0.5, 0.6) is 0 Å². The molecule has 0 aliphatic heterocycles. The summed E-state index contributed by atoms with van der Waals surface area (Å²) in [5.41, 5.74) is 1.99. The Kier molecular flexibility index (Phi) is 5.99. The third-order valence-corrected chi connectivity index (χ3v) is 5.41. The SMILES string of the molecule is CC(=O)Nc1ccc(CCNc2ncc(C#N)c(N[C@@H]3C[C@H](O)C3(C)C)n2)cc1.[HH]. The van der Waals surface area contributed by atoms with Gasteiger partial charge in [0.1, 0.15) is 17.5 Å². The van der Waals surface area contributed by atoms with Crippen molar-refractivity contribution in [3.8, 4) is 6.07 Å². The van der Waals surface area contributed by atoms with E-state index in [9.17, 15) is 15.2 Å². The number of anilines is 3. The van der Waals surface area contributed by atoms with Crippen LogP contribution in [0.15, 0.2) is 30.5 Å². The molecule has 8 nitrogen and oxygen atoms in total. The van der Waals surface area contributed by atoms with Gasteiger partial charge in [-0.3, -0.25) is 4.79 Å². The highest BCUT2D eigenvalue weighted by molar-refractivity contribution is 5.88. The van der Waals surface area contributed by atoms with Crippen LogP contribution in [0.25, 0.3) is 0 Å². The molecule has 0 saturated heterocycles. The average Bonchev–Trinajstić information content (AvgIpc) is 2.69. The lowest BCUT2D eigenvalue weighted by Gasteiger charge is -2.49. The van der Waals surface area contributed by atoms with E-state index in [4.69, 9.17) is 0 Å². The van der Waals surface area contributed by atoms with Crippen molar-refractivity contribution in [1.29, 1.82) is 5.26 Å². The Morgan fingerprint density at radius 1 is 1.38 bits per heavy atom. The number of hydrogen-bond acceptors (Lipinski definition) is 7. The van der Waals surface area contributed by atoms with Crippen LogP contribution in [0.1, 0.15) is 39.7 Å². The van der Waals surface area contributed by atoms with Gasteiger partial charge in [-0.1, -0.05) is 26.0 Å². The largest absolute Gasteiger partial charge is 0.392 e. The molecule has 0 bridgehead atoms. The maximum absolute atomic E-state index is 11.1. The van der Waals surface area contributed by atoms with Gasteiger partial charge >= 0.3 is 0 Å². The van der Waals surface area contributed by atoms with E-state index < -0.39 is 0 Å². The van der Waals surface area contributed by atoms with Crippen LogP contribution >= 0.6 is 0 Å². The number of carbonyl (C=O) groups excluding carboxylic acids is 1. The van der Waals surface area contributed by atoms with Crippen molar-refractivity contribution in [3.63, 3.8) is 0 Å². The van der Waals surface area contributed by atoms with Crippen molar-refractivity contribution in [3.05, 3.63) is 41.6 Å². The summed E-state index contributed by atoms with van der Waals surface area (Å²) in [5.74, 6) is 0.829. The van der Waals surface area contributed by atoms with Crippen LogP contribution in [0.2, 0.25) is 0 Å². The van der Waals surface area contributed by atoms with E-state index in [1.807, 2.05) is 38.1 Å². The van der Waals surface area contributed by atoms with E-state index >= 15 is 0 Å². The summed E-state index contributed by atoms with van der Waals surface area (Å²) < 4.78 is 0. The fraction of sp³-hybridized carbons (Fsp3) is 0.429. The molecule has 1 aliphatic carbocycles. The molecule has 0 spiro atoms. The average molecular weight is 396 g/mol. The number of benzene rings is 1. The Morgan fingerprint density at radius 2 is 2.10 bits per heavy atom. The van der Waals surface area contributed by atoms with Crippen molar-refractivity contribution >= 4 is 23.4 Å². The second kappa shape index (κ2) is 8.45. The normalized spacial score (nSPS) is 19.6. The zero-order valence-corrected chi connectivity index (χ0v) is 16.9. The fourth-order valence-corrected chi connectivity index (χ4v) is 3.25. The van der Waals surface area contributed by atoms with Crippen molar-refractivity contribution < 1.29 is 11.3 Å². The van der Waals surface area contributed by atoms with E-state index in [2.05, 4.69) is 32.0 Å². The summed E-state index contributed by atoms with van der Waals surface area (Å²) in [4.78, 5) is 19.7. The van der Waals surface area contributed by atoms with Crippen LogP contribution in [-0.4, -0.2) is 39.7 Å². The van der Waals surface area contributed by atoms with E-state index in [0.29, 0.717) is 30.3 Å². The third-order valence-electron chi connectivity index (χ3n) is 5.41. The minimum atomic E-state index is -0.359. The molecule has 0 radical (unpaired) electrons. The zero-order valence-electron chi connectivity index (χ0n) is 16.9. The highest BCUT2D eigenvalue weighted by Gasteiger charge is 2.47. The number of hydrogen-bond donors (Lipinski definition) is 4. The summed E-state index contributed by atoms with van der Waals surface area (Å²) >= 11 is 0. The Balaban J connectivity index is 0.00000320. The third kappa shape index (κ3) is 4.81. The predicted octanol–water partition coefficient (Wildman–Crippen LogP) is 2.78. The lowest BCUT2D eigenvalue weighted by atomic mass is 9.64. The molecule has 2 atom stereocenters. The number of carbonyl (C=O) groups is 1. The Labute approximate surface area is 171 Å². The van der Waals surface area contributed by atoms with Crippen molar-refractivity contribution in [2.45, 2.75) is 45.8 Å². The first-order chi connectivity index (χ1) is 13.8. The number of aliphatic hydroxyl groups is 1. The highest BCUT2D eigenvalue weighted by Crippen LogP contribution is 2.42. The van der Waals surface area contributed by atoms with Crippen LogP contribution in [0, 0.1) is 16.7 Å². The van der Waals surface area contributed by atoms with E-state index in [1.165, 1.54) is 13.1 Å². The minimum Gasteiger partial charge on any atom is -0.392 e. The lowest BCUT2D eigenvalue weighted by Crippen LogP contribution is -2.57. The number of nitriles is 1. The zero-order chi connectivity index (χ0) is 21.0. The molecule has 8 heteroatoms. The molecule has 1 amide bonds. The maximum atomic E-state index is 11.1. The molecule has 1 saturated carbocycles. The molecule has 1 aromatic heterocycles. The quantitative estimate of drug-likeness (QED) is 0.567. The number of aromatic nitrogens is 2. The van der Waals surface area contributed by atoms with E-state index in [1.54, 1.807) is 0 Å². The molecule has 1 aliphatic rings. The molecule has 0 unspecified atom stereocenters. The summed E-state index contributed by atoms with van der Waals surface area (Å²) in [6.45, 7) is 6.08. The lowest BCUT2D eigenvalue weighted by molar-refractivity contribution is -0.114. The fourth-order valence-electron chi connectivity index (χ4n) is 3.25. The Morgan fingerprint density at radius 3 is 2.69 bits per heavy atom. The van der Waals surface area contributed by atoms with E-state index in [-0.39, 0.29) is 24.9 Å². The monoisotopic (exact) mass is 396 g/mol. The van der Waals surface area contributed by atoms with Gasteiger partial charge in [-0.15, -0.1) is 0 Å². The molecule has 2 aromatic rings. The first-order valence-electron chi connectivity index (χ1n) is 9.61. The summed E-state index contributed by atoms with van der Waals surface area (Å²) in [6, 6.07) is 9.82. The molecule has 1 aromatic carbocycles. The topological polar surface area (TPSA) is 123 Å². The predicted molar refractivity (Wildman–Crippen MR) is 114 cm³/mol. The minimum absolute atomic E-state index is 0. The number of aliphatic hydroxyl groups excluding tert-OH is 1. The van der Waals surface area contributed by atoms with Gasteiger partial charge in [-0.25, -0.2) is 4.98 Å². The van der Waals surface area contributed by atoms with Crippen LogP contribution < -0.4 is 16.0 Å². The highest BCUT2D eigenvalue weighted by atomic mass is 16.3. The van der Waals surface area contributed by atoms with Gasteiger partial charge in [0.2, 0.25) is 11.9 Å². The molecule has 154 valence electrons. The number of nitrogens with zero attached hydrogens (tertiary/aromatic N) is 3. The van der Waals surface area contributed by atoms with Gasteiger partial charge < -0.3 is 21.1 Å². The first-order valence-corrected chi connectivity index (χ1v) is 9.61.